The van der Waals surface area contributed by atoms with Crippen molar-refractivity contribution in [3.05, 3.63) is 24.3 Å². The summed E-state index contributed by atoms with van der Waals surface area (Å²) in [6, 6.07) is 7.85. The van der Waals surface area contributed by atoms with Crippen molar-refractivity contribution < 1.29 is 19.0 Å². The Morgan fingerprint density at radius 2 is 2.05 bits per heavy atom. The minimum Gasteiger partial charge on any atom is -0.497 e. The first-order chi connectivity index (χ1) is 10.1. The Hall–Kier alpha value is -1.75. The SMILES string of the molecule is COC(=O)C(C)(CCOc1cccc(OC)c1)NC1CC1. The van der Waals surface area contributed by atoms with Gasteiger partial charge in [0.15, 0.2) is 0 Å². The molecule has 0 spiro atoms. The Bertz CT molecular complexity index is 487. The maximum Gasteiger partial charge on any atom is 0.325 e. The summed E-state index contributed by atoms with van der Waals surface area (Å²) < 4.78 is 15.8. The van der Waals surface area contributed by atoms with Gasteiger partial charge in [-0.3, -0.25) is 10.1 Å². The van der Waals surface area contributed by atoms with Crippen LogP contribution in [-0.4, -0.2) is 38.4 Å². The standard InChI is InChI=1S/C16H23NO4/c1-16(15(18)20-3,17-12-7-8-12)9-10-21-14-6-4-5-13(11-14)19-2/h4-6,11-12,17H,7-10H2,1-3H3. The molecule has 1 atom stereocenters. The van der Waals surface area contributed by atoms with E-state index in [4.69, 9.17) is 14.2 Å². The van der Waals surface area contributed by atoms with Gasteiger partial charge in [-0.05, 0) is 31.9 Å². The molecule has 5 heteroatoms. The fraction of sp³-hybridized carbons (Fsp3) is 0.562. The molecule has 1 aromatic rings. The molecule has 0 aliphatic heterocycles. The minimum absolute atomic E-state index is 0.247. The number of methoxy groups -OCH3 is 2. The van der Waals surface area contributed by atoms with E-state index >= 15 is 0 Å². The summed E-state index contributed by atoms with van der Waals surface area (Å²) >= 11 is 0. The average Bonchev–Trinajstić information content (AvgIpc) is 3.30. The van der Waals surface area contributed by atoms with Crippen LogP contribution in [-0.2, 0) is 9.53 Å². The molecule has 0 radical (unpaired) electrons. The van der Waals surface area contributed by atoms with Crippen LogP contribution < -0.4 is 14.8 Å². The van der Waals surface area contributed by atoms with Gasteiger partial charge < -0.3 is 14.2 Å². The Balaban J connectivity index is 1.90. The first kappa shape index (κ1) is 15.6. The Morgan fingerprint density at radius 1 is 1.33 bits per heavy atom. The van der Waals surface area contributed by atoms with Gasteiger partial charge in [0.25, 0.3) is 0 Å². The maximum absolute atomic E-state index is 12.0. The molecular formula is C16H23NO4. The van der Waals surface area contributed by atoms with Gasteiger partial charge in [-0.1, -0.05) is 6.07 Å². The monoisotopic (exact) mass is 293 g/mol. The van der Waals surface area contributed by atoms with Crippen molar-refractivity contribution in [2.75, 3.05) is 20.8 Å². The predicted octanol–water partition coefficient (Wildman–Crippen LogP) is 2.15. The van der Waals surface area contributed by atoms with Gasteiger partial charge in [0.2, 0.25) is 0 Å². The Morgan fingerprint density at radius 3 is 2.67 bits per heavy atom. The van der Waals surface area contributed by atoms with Crippen molar-refractivity contribution in [1.29, 1.82) is 0 Å². The van der Waals surface area contributed by atoms with Gasteiger partial charge in [-0.25, -0.2) is 0 Å². The smallest absolute Gasteiger partial charge is 0.325 e. The third-order valence-electron chi connectivity index (χ3n) is 3.65. The molecule has 1 aliphatic rings. The highest BCUT2D eigenvalue weighted by Gasteiger charge is 2.39. The molecule has 0 aromatic heterocycles. The molecular weight excluding hydrogens is 270 g/mol. The highest BCUT2D eigenvalue weighted by molar-refractivity contribution is 5.80. The highest BCUT2D eigenvalue weighted by atomic mass is 16.5. The van der Waals surface area contributed by atoms with Gasteiger partial charge in [0, 0.05) is 18.5 Å². The molecule has 1 N–H and O–H groups in total. The molecule has 1 unspecified atom stereocenters. The molecule has 0 bridgehead atoms. The van der Waals surface area contributed by atoms with E-state index in [0.29, 0.717) is 19.1 Å². The fourth-order valence-corrected chi connectivity index (χ4v) is 2.20. The molecule has 0 heterocycles. The van der Waals surface area contributed by atoms with E-state index in [2.05, 4.69) is 5.32 Å². The van der Waals surface area contributed by atoms with Crippen molar-refractivity contribution in [2.24, 2.45) is 0 Å². The Kier molecular flexibility index (Phi) is 5.07. The molecule has 1 fully saturated rings. The van der Waals surface area contributed by atoms with Crippen LogP contribution in [0.3, 0.4) is 0 Å². The number of esters is 1. The number of benzene rings is 1. The van der Waals surface area contributed by atoms with Gasteiger partial charge in [0.05, 0.1) is 20.8 Å². The lowest BCUT2D eigenvalue weighted by atomic mass is 9.98. The summed E-state index contributed by atoms with van der Waals surface area (Å²) in [5, 5.41) is 3.35. The van der Waals surface area contributed by atoms with Crippen LogP contribution in [0.4, 0.5) is 0 Å². The number of hydrogen-bond donors (Lipinski definition) is 1. The van der Waals surface area contributed by atoms with Crippen molar-refractivity contribution in [3.8, 4) is 11.5 Å². The average molecular weight is 293 g/mol. The third kappa shape index (κ3) is 4.36. The van der Waals surface area contributed by atoms with E-state index in [9.17, 15) is 4.79 Å². The van der Waals surface area contributed by atoms with Crippen LogP contribution in [0.1, 0.15) is 26.2 Å². The first-order valence-electron chi connectivity index (χ1n) is 7.20. The second-order valence-electron chi connectivity index (χ2n) is 5.52. The number of ether oxygens (including phenoxy) is 3. The van der Waals surface area contributed by atoms with E-state index in [-0.39, 0.29) is 5.97 Å². The van der Waals surface area contributed by atoms with Crippen molar-refractivity contribution >= 4 is 5.97 Å². The van der Waals surface area contributed by atoms with E-state index in [1.807, 2.05) is 31.2 Å². The maximum atomic E-state index is 12.0. The normalized spacial score (nSPS) is 16.9. The van der Waals surface area contributed by atoms with Gasteiger partial charge in [-0.15, -0.1) is 0 Å². The highest BCUT2D eigenvalue weighted by Crippen LogP contribution is 2.25. The third-order valence-corrected chi connectivity index (χ3v) is 3.65. The molecule has 1 saturated carbocycles. The summed E-state index contributed by atoms with van der Waals surface area (Å²) in [6.45, 7) is 2.30. The van der Waals surface area contributed by atoms with E-state index in [0.717, 1.165) is 24.3 Å². The van der Waals surface area contributed by atoms with Crippen LogP contribution in [0.5, 0.6) is 11.5 Å². The number of carbonyl (C=O) groups excluding carboxylic acids is 1. The quantitative estimate of drug-likeness (QED) is 0.744. The summed E-state index contributed by atoms with van der Waals surface area (Å²) in [5.41, 5.74) is -0.700. The van der Waals surface area contributed by atoms with E-state index in [1.165, 1.54) is 7.11 Å². The summed E-state index contributed by atoms with van der Waals surface area (Å²) in [6.07, 6.45) is 2.78. The van der Waals surface area contributed by atoms with Crippen molar-refractivity contribution in [3.63, 3.8) is 0 Å². The predicted molar refractivity (Wildman–Crippen MR) is 79.7 cm³/mol. The van der Waals surface area contributed by atoms with Crippen LogP contribution in [0.25, 0.3) is 0 Å². The molecule has 1 aliphatic carbocycles. The zero-order chi connectivity index (χ0) is 15.3. The molecule has 1 aromatic carbocycles. The summed E-state index contributed by atoms with van der Waals surface area (Å²) in [7, 11) is 3.03. The second kappa shape index (κ2) is 6.80. The molecule has 0 amide bonds. The van der Waals surface area contributed by atoms with Crippen molar-refractivity contribution in [2.45, 2.75) is 37.8 Å². The fourth-order valence-electron chi connectivity index (χ4n) is 2.20. The van der Waals surface area contributed by atoms with Crippen LogP contribution in [0, 0.1) is 0 Å². The Labute approximate surface area is 125 Å². The minimum atomic E-state index is -0.700. The van der Waals surface area contributed by atoms with Gasteiger partial charge in [0.1, 0.15) is 17.0 Å². The van der Waals surface area contributed by atoms with Crippen LogP contribution in [0.15, 0.2) is 24.3 Å². The summed E-state index contributed by atoms with van der Waals surface area (Å²) in [4.78, 5) is 12.0. The second-order valence-corrected chi connectivity index (χ2v) is 5.52. The first-order valence-corrected chi connectivity index (χ1v) is 7.20. The molecule has 2 rings (SSSR count). The van der Waals surface area contributed by atoms with Crippen molar-refractivity contribution in [1.82, 2.24) is 5.32 Å². The van der Waals surface area contributed by atoms with Crippen LogP contribution in [0.2, 0.25) is 0 Å². The number of hydrogen-bond acceptors (Lipinski definition) is 5. The zero-order valence-electron chi connectivity index (χ0n) is 12.8. The molecule has 21 heavy (non-hydrogen) atoms. The molecule has 0 saturated heterocycles. The van der Waals surface area contributed by atoms with E-state index in [1.54, 1.807) is 7.11 Å². The van der Waals surface area contributed by atoms with Gasteiger partial charge >= 0.3 is 5.97 Å². The lowest BCUT2D eigenvalue weighted by Gasteiger charge is -2.28. The summed E-state index contributed by atoms with van der Waals surface area (Å²) in [5.74, 6) is 1.23. The lowest BCUT2D eigenvalue weighted by Crippen LogP contribution is -2.52. The number of nitrogens with one attached hydrogen (secondary N) is 1. The van der Waals surface area contributed by atoms with E-state index < -0.39 is 5.54 Å². The van der Waals surface area contributed by atoms with Gasteiger partial charge in [-0.2, -0.15) is 0 Å². The zero-order valence-corrected chi connectivity index (χ0v) is 12.8. The largest absolute Gasteiger partial charge is 0.497 e. The molecule has 116 valence electrons. The lowest BCUT2D eigenvalue weighted by molar-refractivity contribution is -0.148. The molecule has 5 nitrogen and oxygen atoms in total. The number of carbonyl (C=O) groups is 1. The van der Waals surface area contributed by atoms with Crippen LogP contribution >= 0.6 is 0 Å². The topological polar surface area (TPSA) is 56.8 Å². The number of rotatable bonds is 8.